The molecule has 0 fully saturated rings. The predicted octanol–water partition coefficient (Wildman–Crippen LogP) is 4.50. The maximum atomic E-state index is 13.1. The molecule has 0 bridgehead atoms. The molecule has 0 radical (unpaired) electrons. The van der Waals surface area contributed by atoms with Crippen LogP contribution in [0.1, 0.15) is 29.7 Å². The standard InChI is InChI=1S/C20H20BrN3OS/c1-11-5-4-6-16(12(11)2)23-19(25)17-13(3)22-20(26)24-18(17)14-7-9-15(21)10-8-14/h4-10,18H,1-3H3,(H,23,25)(H2,22,24,26)/t18-/m0/s1. The molecule has 3 N–H and O–H groups in total. The zero-order valence-electron chi connectivity index (χ0n) is 14.8. The van der Waals surface area contributed by atoms with Crippen LogP contribution in [0.25, 0.3) is 0 Å². The first kappa shape index (κ1) is 18.6. The minimum atomic E-state index is -0.304. The van der Waals surface area contributed by atoms with Gasteiger partial charge in [-0.3, -0.25) is 4.79 Å². The fourth-order valence-corrected chi connectivity index (χ4v) is 3.51. The normalized spacial score (nSPS) is 16.8. The molecule has 6 heteroatoms. The lowest BCUT2D eigenvalue weighted by Gasteiger charge is -2.30. The number of thiocarbonyl (C=S) groups is 1. The van der Waals surface area contributed by atoms with E-state index in [0.29, 0.717) is 10.7 Å². The number of anilines is 1. The molecule has 0 aromatic heterocycles. The molecule has 2 aromatic rings. The van der Waals surface area contributed by atoms with Gasteiger partial charge in [-0.05, 0) is 67.9 Å². The Morgan fingerprint density at radius 1 is 1.12 bits per heavy atom. The molecular formula is C20H20BrN3OS. The molecule has 0 aliphatic carbocycles. The number of carbonyl (C=O) groups is 1. The van der Waals surface area contributed by atoms with Crippen LogP contribution in [0.4, 0.5) is 5.69 Å². The molecule has 26 heavy (non-hydrogen) atoms. The number of amides is 1. The summed E-state index contributed by atoms with van der Waals surface area (Å²) in [5.74, 6) is -0.147. The summed E-state index contributed by atoms with van der Waals surface area (Å²) in [5.41, 5.74) is 5.37. The van der Waals surface area contributed by atoms with Crippen molar-refractivity contribution in [3.63, 3.8) is 0 Å². The molecule has 4 nitrogen and oxygen atoms in total. The van der Waals surface area contributed by atoms with Crippen molar-refractivity contribution in [3.8, 4) is 0 Å². The summed E-state index contributed by atoms with van der Waals surface area (Å²) in [6, 6.07) is 13.5. The number of benzene rings is 2. The monoisotopic (exact) mass is 429 g/mol. The number of hydrogen-bond acceptors (Lipinski definition) is 2. The molecule has 3 rings (SSSR count). The van der Waals surface area contributed by atoms with Gasteiger partial charge in [-0.2, -0.15) is 0 Å². The van der Waals surface area contributed by atoms with Crippen molar-refractivity contribution in [3.05, 3.63) is 74.9 Å². The lowest BCUT2D eigenvalue weighted by atomic mass is 9.95. The van der Waals surface area contributed by atoms with E-state index in [1.165, 1.54) is 0 Å². The molecule has 134 valence electrons. The Hall–Kier alpha value is -2.18. The predicted molar refractivity (Wildman–Crippen MR) is 113 cm³/mol. The van der Waals surface area contributed by atoms with Gasteiger partial charge in [0, 0.05) is 15.9 Å². The summed E-state index contributed by atoms with van der Waals surface area (Å²) in [5, 5.41) is 9.84. The number of aryl methyl sites for hydroxylation is 1. The van der Waals surface area contributed by atoms with Gasteiger partial charge in [0.25, 0.3) is 5.91 Å². The van der Waals surface area contributed by atoms with Crippen molar-refractivity contribution in [2.75, 3.05) is 5.32 Å². The minimum absolute atomic E-state index is 0.147. The molecule has 1 atom stereocenters. The lowest BCUT2D eigenvalue weighted by molar-refractivity contribution is -0.113. The van der Waals surface area contributed by atoms with Crippen LogP contribution < -0.4 is 16.0 Å². The molecule has 0 saturated carbocycles. The third-order valence-corrected chi connectivity index (χ3v) is 5.32. The molecule has 2 aromatic carbocycles. The van der Waals surface area contributed by atoms with Gasteiger partial charge < -0.3 is 16.0 Å². The molecular weight excluding hydrogens is 410 g/mol. The average molecular weight is 430 g/mol. The third-order valence-electron chi connectivity index (χ3n) is 4.57. The maximum Gasteiger partial charge on any atom is 0.255 e. The van der Waals surface area contributed by atoms with E-state index in [0.717, 1.165) is 32.5 Å². The zero-order valence-corrected chi connectivity index (χ0v) is 17.2. The Morgan fingerprint density at radius 2 is 1.81 bits per heavy atom. The molecule has 1 aliphatic rings. The summed E-state index contributed by atoms with van der Waals surface area (Å²) in [6.45, 7) is 5.91. The van der Waals surface area contributed by atoms with Gasteiger partial charge in [0.2, 0.25) is 0 Å². The minimum Gasteiger partial charge on any atom is -0.351 e. The van der Waals surface area contributed by atoms with Gasteiger partial charge in [0.15, 0.2) is 5.11 Å². The van der Waals surface area contributed by atoms with Crippen molar-refractivity contribution in [2.45, 2.75) is 26.8 Å². The van der Waals surface area contributed by atoms with E-state index in [9.17, 15) is 4.79 Å². The van der Waals surface area contributed by atoms with E-state index < -0.39 is 0 Å². The van der Waals surface area contributed by atoms with E-state index in [-0.39, 0.29) is 11.9 Å². The Bertz CT molecular complexity index is 906. The van der Waals surface area contributed by atoms with Crippen LogP contribution >= 0.6 is 28.1 Å². The topological polar surface area (TPSA) is 53.2 Å². The van der Waals surface area contributed by atoms with E-state index in [2.05, 4.69) is 31.9 Å². The Kier molecular flexibility index (Phi) is 5.44. The second kappa shape index (κ2) is 7.60. The van der Waals surface area contributed by atoms with E-state index in [1.807, 2.05) is 63.2 Å². The van der Waals surface area contributed by atoms with Crippen LogP contribution in [0.2, 0.25) is 0 Å². The largest absolute Gasteiger partial charge is 0.351 e. The summed E-state index contributed by atoms with van der Waals surface area (Å²) in [6.07, 6.45) is 0. The maximum absolute atomic E-state index is 13.1. The van der Waals surface area contributed by atoms with Gasteiger partial charge >= 0.3 is 0 Å². The summed E-state index contributed by atoms with van der Waals surface area (Å²) in [7, 11) is 0. The Morgan fingerprint density at radius 3 is 2.50 bits per heavy atom. The van der Waals surface area contributed by atoms with Crippen molar-refractivity contribution in [1.82, 2.24) is 10.6 Å². The fraction of sp³-hybridized carbons (Fsp3) is 0.200. The molecule has 0 spiro atoms. The number of hydrogen-bond donors (Lipinski definition) is 3. The van der Waals surface area contributed by atoms with Gasteiger partial charge in [0.1, 0.15) is 0 Å². The van der Waals surface area contributed by atoms with Crippen LogP contribution in [-0.2, 0) is 4.79 Å². The van der Waals surface area contributed by atoms with E-state index in [1.54, 1.807) is 0 Å². The van der Waals surface area contributed by atoms with Crippen LogP contribution in [0, 0.1) is 13.8 Å². The third kappa shape index (κ3) is 3.81. The fourth-order valence-electron chi connectivity index (χ4n) is 2.98. The van der Waals surface area contributed by atoms with Crippen LogP contribution in [0.5, 0.6) is 0 Å². The number of rotatable bonds is 3. The summed E-state index contributed by atoms with van der Waals surface area (Å²) in [4.78, 5) is 13.1. The summed E-state index contributed by atoms with van der Waals surface area (Å²) < 4.78 is 0.986. The highest BCUT2D eigenvalue weighted by Crippen LogP contribution is 2.29. The van der Waals surface area contributed by atoms with Crippen molar-refractivity contribution >= 4 is 44.9 Å². The van der Waals surface area contributed by atoms with Gasteiger partial charge in [-0.1, -0.05) is 40.2 Å². The number of nitrogens with one attached hydrogen (secondary N) is 3. The van der Waals surface area contributed by atoms with Crippen molar-refractivity contribution in [1.29, 1.82) is 0 Å². The second-order valence-corrected chi connectivity index (χ2v) is 7.65. The first-order valence-electron chi connectivity index (χ1n) is 8.28. The first-order valence-corrected chi connectivity index (χ1v) is 9.48. The SMILES string of the molecule is CC1=C(C(=O)Nc2cccc(C)c2C)[C@H](c2ccc(Br)cc2)NC(=S)N1. The lowest BCUT2D eigenvalue weighted by Crippen LogP contribution is -2.45. The summed E-state index contributed by atoms with van der Waals surface area (Å²) >= 11 is 8.74. The van der Waals surface area contributed by atoms with Gasteiger partial charge in [-0.15, -0.1) is 0 Å². The van der Waals surface area contributed by atoms with Crippen molar-refractivity contribution < 1.29 is 4.79 Å². The molecule has 1 amide bonds. The average Bonchev–Trinajstić information content (AvgIpc) is 2.59. The molecule has 1 heterocycles. The van der Waals surface area contributed by atoms with Crippen LogP contribution in [-0.4, -0.2) is 11.0 Å². The van der Waals surface area contributed by atoms with Gasteiger partial charge in [-0.25, -0.2) is 0 Å². The second-order valence-electron chi connectivity index (χ2n) is 6.32. The molecule has 0 saturated heterocycles. The highest BCUT2D eigenvalue weighted by atomic mass is 79.9. The number of allylic oxidation sites excluding steroid dienone is 1. The van der Waals surface area contributed by atoms with E-state index >= 15 is 0 Å². The Labute approximate surface area is 167 Å². The highest BCUT2D eigenvalue weighted by molar-refractivity contribution is 9.10. The Balaban J connectivity index is 1.96. The smallest absolute Gasteiger partial charge is 0.255 e. The zero-order chi connectivity index (χ0) is 18.8. The van der Waals surface area contributed by atoms with Crippen molar-refractivity contribution in [2.24, 2.45) is 0 Å². The van der Waals surface area contributed by atoms with Crippen LogP contribution in [0.3, 0.4) is 0 Å². The highest BCUT2D eigenvalue weighted by Gasteiger charge is 2.30. The van der Waals surface area contributed by atoms with E-state index in [4.69, 9.17) is 12.2 Å². The first-order chi connectivity index (χ1) is 12.4. The molecule has 0 unspecified atom stereocenters. The van der Waals surface area contributed by atoms with Crippen LogP contribution in [0.15, 0.2) is 58.2 Å². The number of carbonyl (C=O) groups excluding carboxylic acids is 1. The van der Waals surface area contributed by atoms with Gasteiger partial charge in [0.05, 0.1) is 11.6 Å². The molecule has 1 aliphatic heterocycles. The quantitative estimate of drug-likeness (QED) is 0.628. The number of halogens is 1.